The molecule has 2 aliphatic heterocycles. The summed E-state index contributed by atoms with van der Waals surface area (Å²) in [4.78, 5) is 0. The molecule has 8 heteroatoms. The first-order valence-electron chi connectivity index (χ1n) is 6.21. The minimum absolute atomic E-state index is 0.00237. The number of hydrogen-bond acceptors (Lipinski definition) is 8. The minimum atomic E-state index is -1.44. The van der Waals surface area contributed by atoms with Gasteiger partial charge in [-0.05, 0) is 6.92 Å². The molecule has 8 atom stereocenters. The summed E-state index contributed by atoms with van der Waals surface area (Å²) < 4.78 is 15.7. The Morgan fingerprint density at radius 3 is 2.11 bits per heavy atom. The standard InChI is InChI=1S/C11H20O8/c1-4-10(8(15)6(13)2-17-4)19-11-9(16)7(14)5(12)3-18-11/h4-16H,2-3H2,1H3/t4-,5+,6-,7-,8-,9+,10-,11-/m0/s1. The SMILES string of the molecule is C[C@@H]1OC[C@H](O)[C@H](O)[C@H]1O[C@@H]1OC[C@@H](O)[C@H](O)[C@H]1O. The molecule has 2 fully saturated rings. The van der Waals surface area contributed by atoms with Crippen LogP contribution in [0.3, 0.4) is 0 Å². The molecule has 0 saturated carbocycles. The zero-order chi connectivity index (χ0) is 14.2. The van der Waals surface area contributed by atoms with Gasteiger partial charge in [-0.25, -0.2) is 0 Å². The zero-order valence-corrected chi connectivity index (χ0v) is 10.5. The number of ether oxygens (including phenoxy) is 3. The smallest absolute Gasteiger partial charge is 0.186 e. The van der Waals surface area contributed by atoms with Gasteiger partial charge in [-0.3, -0.25) is 0 Å². The van der Waals surface area contributed by atoms with Crippen LogP contribution in [0.25, 0.3) is 0 Å². The van der Waals surface area contributed by atoms with E-state index < -0.39 is 49.0 Å². The van der Waals surface area contributed by atoms with Crippen LogP contribution >= 0.6 is 0 Å². The van der Waals surface area contributed by atoms with Gasteiger partial charge >= 0.3 is 0 Å². The van der Waals surface area contributed by atoms with Crippen molar-refractivity contribution in [2.75, 3.05) is 13.2 Å². The van der Waals surface area contributed by atoms with E-state index in [0.717, 1.165) is 0 Å². The van der Waals surface area contributed by atoms with Crippen molar-refractivity contribution in [3.05, 3.63) is 0 Å². The zero-order valence-electron chi connectivity index (χ0n) is 10.5. The maximum Gasteiger partial charge on any atom is 0.186 e. The molecule has 2 aliphatic rings. The van der Waals surface area contributed by atoms with Crippen molar-refractivity contribution in [1.29, 1.82) is 0 Å². The monoisotopic (exact) mass is 280 g/mol. The third-order valence-electron chi connectivity index (χ3n) is 3.47. The molecule has 8 nitrogen and oxygen atoms in total. The molecule has 0 spiro atoms. The second kappa shape index (κ2) is 5.98. The molecular weight excluding hydrogens is 260 g/mol. The van der Waals surface area contributed by atoms with Gasteiger partial charge in [0.1, 0.15) is 36.6 Å². The summed E-state index contributed by atoms with van der Waals surface area (Å²) in [5.74, 6) is 0. The molecule has 2 heterocycles. The molecule has 19 heavy (non-hydrogen) atoms. The Labute approximate surface area is 110 Å². The van der Waals surface area contributed by atoms with E-state index in [2.05, 4.69) is 0 Å². The molecule has 0 radical (unpaired) electrons. The molecule has 0 aromatic heterocycles. The van der Waals surface area contributed by atoms with Gasteiger partial charge in [0.05, 0.1) is 19.3 Å². The molecule has 2 saturated heterocycles. The van der Waals surface area contributed by atoms with Crippen LogP contribution < -0.4 is 0 Å². The lowest BCUT2D eigenvalue weighted by Gasteiger charge is -2.41. The molecule has 0 unspecified atom stereocenters. The fraction of sp³-hybridized carbons (Fsp3) is 1.00. The van der Waals surface area contributed by atoms with E-state index in [1.165, 1.54) is 0 Å². The van der Waals surface area contributed by atoms with Gasteiger partial charge in [0, 0.05) is 0 Å². The third-order valence-corrected chi connectivity index (χ3v) is 3.47. The summed E-state index contributed by atoms with van der Waals surface area (Å²) in [6.45, 7) is 1.46. The van der Waals surface area contributed by atoms with Crippen LogP contribution in [0.4, 0.5) is 0 Å². The number of rotatable bonds is 2. The molecule has 112 valence electrons. The van der Waals surface area contributed by atoms with E-state index in [4.69, 9.17) is 14.2 Å². The first kappa shape index (κ1) is 15.1. The number of aliphatic hydroxyl groups is 5. The number of hydrogen-bond donors (Lipinski definition) is 5. The molecule has 0 amide bonds. The minimum Gasteiger partial charge on any atom is -0.388 e. The van der Waals surface area contributed by atoms with Crippen LogP contribution in [0.5, 0.6) is 0 Å². The van der Waals surface area contributed by atoms with Gasteiger partial charge in [0.15, 0.2) is 6.29 Å². The second-order valence-corrected chi connectivity index (χ2v) is 4.95. The Bertz CT molecular complexity index is 300. The predicted molar refractivity (Wildman–Crippen MR) is 60.1 cm³/mol. The van der Waals surface area contributed by atoms with E-state index in [-0.39, 0.29) is 13.2 Å². The first-order valence-corrected chi connectivity index (χ1v) is 6.21. The Kier molecular flexibility index (Phi) is 4.75. The summed E-state index contributed by atoms with van der Waals surface area (Å²) in [5.41, 5.74) is 0. The summed E-state index contributed by atoms with van der Waals surface area (Å²) in [6, 6.07) is 0. The Morgan fingerprint density at radius 1 is 0.842 bits per heavy atom. The summed E-state index contributed by atoms with van der Waals surface area (Å²) >= 11 is 0. The van der Waals surface area contributed by atoms with E-state index in [0.29, 0.717) is 0 Å². The lowest BCUT2D eigenvalue weighted by atomic mass is 10.00. The highest BCUT2D eigenvalue weighted by Crippen LogP contribution is 2.24. The average Bonchev–Trinajstić information content (AvgIpc) is 2.39. The van der Waals surface area contributed by atoms with Crippen molar-refractivity contribution in [2.45, 2.75) is 55.9 Å². The lowest BCUT2D eigenvalue weighted by Crippen LogP contribution is -2.59. The first-order chi connectivity index (χ1) is 8.91. The maximum atomic E-state index is 9.84. The summed E-state index contributed by atoms with van der Waals surface area (Å²) in [6.07, 6.45) is -8.88. The third kappa shape index (κ3) is 3.06. The highest BCUT2D eigenvalue weighted by atomic mass is 16.7. The van der Waals surface area contributed by atoms with Crippen molar-refractivity contribution < 1.29 is 39.7 Å². The lowest BCUT2D eigenvalue weighted by molar-refractivity contribution is -0.313. The van der Waals surface area contributed by atoms with Gasteiger partial charge in [-0.2, -0.15) is 0 Å². The van der Waals surface area contributed by atoms with E-state index in [1.807, 2.05) is 0 Å². The highest BCUT2D eigenvalue weighted by molar-refractivity contribution is 4.89. The molecule has 2 rings (SSSR count). The van der Waals surface area contributed by atoms with Gasteiger partial charge in [0.2, 0.25) is 0 Å². The predicted octanol–water partition coefficient (Wildman–Crippen LogP) is -3.05. The highest BCUT2D eigenvalue weighted by Gasteiger charge is 2.44. The summed E-state index contributed by atoms with van der Waals surface area (Å²) in [5, 5.41) is 47.9. The van der Waals surface area contributed by atoms with Crippen molar-refractivity contribution >= 4 is 0 Å². The van der Waals surface area contributed by atoms with E-state index in [1.54, 1.807) is 6.92 Å². The maximum absolute atomic E-state index is 9.84. The van der Waals surface area contributed by atoms with E-state index in [9.17, 15) is 25.5 Å². The van der Waals surface area contributed by atoms with Crippen molar-refractivity contribution in [2.24, 2.45) is 0 Å². The largest absolute Gasteiger partial charge is 0.388 e. The van der Waals surface area contributed by atoms with Crippen molar-refractivity contribution in [1.82, 2.24) is 0 Å². The molecule has 5 N–H and O–H groups in total. The van der Waals surface area contributed by atoms with Crippen molar-refractivity contribution in [3.63, 3.8) is 0 Å². The van der Waals surface area contributed by atoms with Gasteiger partial charge in [-0.1, -0.05) is 0 Å². The van der Waals surface area contributed by atoms with Gasteiger partial charge < -0.3 is 39.7 Å². The average molecular weight is 280 g/mol. The van der Waals surface area contributed by atoms with Crippen LogP contribution in [0.1, 0.15) is 6.92 Å². The number of aliphatic hydroxyl groups excluding tert-OH is 5. The topological polar surface area (TPSA) is 129 Å². The molecule has 0 aromatic rings. The van der Waals surface area contributed by atoms with Crippen LogP contribution in [0.2, 0.25) is 0 Å². The molecule has 0 bridgehead atoms. The van der Waals surface area contributed by atoms with Crippen molar-refractivity contribution in [3.8, 4) is 0 Å². The van der Waals surface area contributed by atoms with Gasteiger partial charge in [-0.15, -0.1) is 0 Å². The quantitative estimate of drug-likeness (QED) is 0.361. The van der Waals surface area contributed by atoms with Crippen LogP contribution in [0.15, 0.2) is 0 Å². The Hall–Kier alpha value is -0.320. The second-order valence-electron chi connectivity index (χ2n) is 4.95. The molecule has 0 aromatic carbocycles. The van der Waals surface area contributed by atoms with Crippen LogP contribution in [-0.2, 0) is 14.2 Å². The molecular formula is C11H20O8. The van der Waals surface area contributed by atoms with E-state index >= 15 is 0 Å². The van der Waals surface area contributed by atoms with Crippen LogP contribution in [-0.4, -0.2) is 87.8 Å². The fourth-order valence-corrected chi connectivity index (χ4v) is 2.19. The van der Waals surface area contributed by atoms with Gasteiger partial charge in [0.25, 0.3) is 0 Å². The fourth-order valence-electron chi connectivity index (χ4n) is 2.19. The Morgan fingerprint density at radius 2 is 1.42 bits per heavy atom. The normalized spacial score (nSPS) is 52.1. The summed E-state index contributed by atoms with van der Waals surface area (Å²) in [7, 11) is 0. The Balaban J connectivity index is 1.99. The van der Waals surface area contributed by atoms with Crippen LogP contribution in [0, 0.1) is 0 Å². The molecule has 0 aliphatic carbocycles.